The first-order valence-electron chi connectivity index (χ1n) is 21.8. The third-order valence-corrected chi connectivity index (χ3v) is 9.81. The van der Waals surface area contributed by atoms with Gasteiger partial charge in [0.05, 0.1) is 0 Å². The molecule has 0 aromatic carbocycles. The van der Waals surface area contributed by atoms with E-state index in [2.05, 4.69) is 45.2 Å². The van der Waals surface area contributed by atoms with E-state index in [0.717, 1.165) is 39.0 Å². The molecule has 0 spiro atoms. The summed E-state index contributed by atoms with van der Waals surface area (Å²) >= 11 is 0. The maximum Gasteiger partial charge on any atom is 0.143 e. The van der Waals surface area contributed by atoms with Gasteiger partial charge < -0.3 is 22.7 Å². The van der Waals surface area contributed by atoms with Crippen LogP contribution in [0.2, 0.25) is 0 Å². The van der Waals surface area contributed by atoms with Crippen LogP contribution in [0.4, 0.5) is 0 Å². The van der Waals surface area contributed by atoms with Crippen molar-refractivity contribution in [3.05, 3.63) is 24.3 Å². The number of hydrogen-bond acceptors (Lipinski definition) is 3. The van der Waals surface area contributed by atoms with Crippen molar-refractivity contribution in [2.75, 3.05) is 33.4 Å². The van der Waals surface area contributed by atoms with E-state index in [1.165, 1.54) is 193 Å². The monoisotopic (exact) mass is 757 g/mol. The number of rotatable bonds is 41. The molecule has 0 rings (SSSR count). The molecular weight excluding hydrogens is 668 g/mol. The summed E-state index contributed by atoms with van der Waals surface area (Å²) in [5.74, 6) is 0. The fourth-order valence-corrected chi connectivity index (χ4v) is 6.47. The van der Waals surface area contributed by atoms with Crippen molar-refractivity contribution in [1.29, 1.82) is 0 Å². The highest BCUT2D eigenvalue weighted by Gasteiger charge is 2.25. The normalized spacial score (nSPS) is 12.1. The lowest BCUT2D eigenvalue weighted by atomic mass is 10.1. The Morgan fingerprint density at radius 1 is 0.388 bits per heavy atom. The van der Waals surface area contributed by atoms with Crippen molar-refractivity contribution in [2.24, 2.45) is 5.73 Å². The molecule has 0 fully saturated rings. The van der Waals surface area contributed by atoms with Gasteiger partial charge in [0.15, 0.2) is 0 Å². The minimum Gasteiger partial charge on any atom is -1.00 e. The summed E-state index contributed by atoms with van der Waals surface area (Å²) in [5.41, 5.74) is 5.81. The quantitative estimate of drug-likeness (QED) is 0.0292. The summed E-state index contributed by atoms with van der Waals surface area (Å²) in [5, 5.41) is 0. The van der Waals surface area contributed by atoms with E-state index in [1.807, 2.05) is 0 Å². The van der Waals surface area contributed by atoms with Crippen molar-refractivity contribution in [3.63, 3.8) is 0 Å². The average Bonchev–Trinajstić information content (AvgIpc) is 3.09. The zero-order valence-corrected chi connectivity index (χ0v) is 35.3. The largest absolute Gasteiger partial charge is 1.00 e. The second-order valence-electron chi connectivity index (χ2n) is 14.8. The molecule has 0 radical (unpaired) electrons. The Balaban J connectivity index is 0. The number of nitrogens with two attached hydrogens (primary N) is 1. The topological polar surface area (TPSA) is 44.5 Å². The Hall–Kier alpha value is -0.200. The number of nitrogens with zero attached hydrogens (tertiary/aromatic N) is 1. The number of quaternary nitrogens is 1. The molecule has 0 aliphatic rings. The molecule has 5 heteroatoms. The van der Waals surface area contributed by atoms with Gasteiger partial charge in [-0.3, -0.25) is 0 Å². The maximum absolute atomic E-state index is 6.25. The van der Waals surface area contributed by atoms with Crippen LogP contribution >= 0.6 is 0 Å². The van der Waals surface area contributed by atoms with Gasteiger partial charge in [-0.15, -0.1) is 0 Å². The number of hydrogen-bond donors (Lipinski definition) is 1. The summed E-state index contributed by atoms with van der Waals surface area (Å²) in [6.07, 6.45) is 53.7. The molecule has 0 heterocycles. The van der Waals surface area contributed by atoms with Crippen LogP contribution < -0.4 is 22.7 Å². The van der Waals surface area contributed by atoms with E-state index >= 15 is 0 Å². The van der Waals surface area contributed by atoms with Crippen LogP contribution in [-0.2, 0) is 9.68 Å². The fourth-order valence-electron chi connectivity index (χ4n) is 6.47. The molecule has 2 N–H and O–H groups in total. The van der Waals surface area contributed by atoms with Crippen LogP contribution in [0.25, 0.3) is 0 Å². The van der Waals surface area contributed by atoms with Gasteiger partial charge in [0.2, 0.25) is 0 Å². The van der Waals surface area contributed by atoms with Gasteiger partial charge in [0.1, 0.15) is 26.8 Å². The highest BCUT2D eigenvalue weighted by Crippen LogP contribution is 2.15. The molecule has 0 saturated carbocycles. The molecule has 4 nitrogen and oxygen atoms in total. The van der Waals surface area contributed by atoms with Gasteiger partial charge in [-0.25, -0.2) is 0 Å². The van der Waals surface area contributed by atoms with Gasteiger partial charge in [-0.05, 0) is 75.6 Å². The summed E-state index contributed by atoms with van der Waals surface area (Å²) in [4.78, 5) is 12.8. The molecule has 0 aliphatic heterocycles. The van der Waals surface area contributed by atoms with E-state index in [4.69, 9.17) is 15.4 Å². The molecule has 0 atom stereocenters. The summed E-state index contributed by atoms with van der Waals surface area (Å²) in [6, 6.07) is 0. The molecule has 0 bridgehead atoms. The smallest absolute Gasteiger partial charge is 0.143 e. The minimum absolute atomic E-state index is 0. The first-order valence-corrected chi connectivity index (χ1v) is 21.8. The SMILES string of the molecule is CCCCCCCC/C=C\CCCCCCCCCCO[N+](C)(CCCN)OCCCCCCCCCC/C=C\CCCCCCCC.[Br-]. The number of unbranched alkanes of at least 4 members (excludes halogenated alkanes) is 28. The van der Waals surface area contributed by atoms with Gasteiger partial charge in [-0.1, -0.05) is 179 Å². The van der Waals surface area contributed by atoms with Gasteiger partial charge in [-0.2, -0.15) is 9.68 Å². The molecule has 0 aliphatic carbocycles. The summed E-state index contributed by atoms with van der Waals surface area (Å²) < 4.78 is 0. The Bertz CT molecular complexity index is 609. The molecule has 49 heavy (non-hydrogen) atoms. The first-order chi connectivity index (χ1) is 23.7. The van der Waals surface area contributed by atoms with Crippen LogP contribution in [0, 0.1) is 0 Å². The summed E-state index contributed by atoms with van der Waals surface area (Å²) in [7, 11) is 2.07. The van der Waals surface area contributed by atoms with Crippen molar-refractivity contribution >= 4 is 0 Å². The lowest BCUT2D eigenvalue weighted by molar-refractivity contribution is -1.23. The molecule has 0 unspecified atom stereocenters. The second-order valence-corrected chi connectivity index (χ2v) is 14.8. The Kier molecular flexibility index (Phi) is 45.7. The second kappa shape index (κ2) is 44.0. The Morgan fingerprint density at radius 2 is 0.653 bits per heavy atom. The third kappa shape index (κ3) is 42.1. The van der Waals surface area contributed by atoms with Crippen LogP contribution in [0.3, 0.4) is 0 Å². The molecule has 0 aromatic heterocycles. The van der Waals surface area contributed by atoms with Gasteiger partial charge in [0, 0.05) is 6.42 Å². The van der Waals surface area contributed by atoms with Crippen LogP contribution in [0.15, 0.2) is 24.3 Å². The molecule has 0 aromatic rings. The highest BCUT2D eigenvalue weighted by molar-refractivity contribution is 4.82. The van der Waals surface area contributed by atoms with Crippen LogP contribution in [0.5, 0.6) is 0 Å². The predicted octanol–water partition coefficient (Wildman–Crippen LogP) is 11.3. The van der Waals surface area contributed by atoms with Crippen LogP contribution in [0.1, 0.15) is 226 Å². The Labute approximate surface area is 319 Å². The third-order valence-electron chi connectivity index (χ3n) is 9.81. The van der Waals surface area contributed by atoms with Crippen molar-refractivity contribution < 1.29 is 31.5 Å². The zero-order valence-electron chi connectivity index (χ0n) is 33.7. The van der Waals surface area contributed by atoms with Gasteiger partial charge in [0.25, 0.3) is 0 Å². The summed E-state index contributed by atoms with van der Waals surface area (Å²) in [6.45, 7) is 7.66. The molecule has 0 amide bonds. The number of halogens is 1. The molecule has 294 valence electrons. The minimum atomic E-state index is 0. The zero-order chi connectivity index (χ0) is 34.9. The lowest BCUT2D eigenvalue weighted by Gasteiger charge is -2.28. The van der Waals surface area contributed by atoms with E-state index in [-0.39, 0.29) is 21.8 Å². The van der Waals surface area contributed by atoms with Gasteiger partial charge >= 0.3 is 0 Å². The maximum atomic E-state index is 6.25. The van der Waals surface area contributed by atoms with Crippen molar-refractivity contribution in [3.8, 4) is 0 Å². The standard InChI is InChI=1S/C44H89N2O2.BrH/c1-4-6-8-10-12-14-16-18-20-22-24-26-28-30-32-34-36-38-43-47-46(3,42-40-41-45)48-44-39-37-35-33-31-29-27-25-23-21-19-17-15-13-11-9-7-5-2;/h18-21H,4-17,22-45H2,1-3H3;1H/q+1;/p-1/b20-18-,21-19-;. The Morgan fingerprint density at radius 3 is 0.939 bits per heavy atom. The van der Waals surface area contributed by atoms with E-state index < -0.39 is 0 Å². The van der Waals surface area contributed by atoms with E-state index in [9.17, 15) is 0 Å². The van der Waals surface area contributed by atoms with E-state index in [0.29, 0.717) is 6.54 Å². The lowest BCUT2D eigenvalue weighted by Crippen LogP contribution is -3.00. The van der Waals surface area contributed by atoms with Crippen molar-refractivity contribution in [2.45, 2.75) is 226 Å². The average molecular weight is 758 g/mol. The molecule has 0 saturated heterocycles. The number of allylic oxidation sites excluding steroid dienone is 4. The highest BCUT2D eigenvalue weighted by atomic mass is 79.9. The van der Waals surface area contributed by atoms with Crippen LogP contribution in [-0.4, -0.2) is 38.2 Å². The van der Waals surface area contributed by atoms with E-state index in [1.54, 1.807) is 0 Å². The van der Waals surface area contributed by atoms with Crippen molar-refractivity contribution in [1.82, 2.24) is 0 Å². The number of hydroxylamine groups is 4. The molecular formula is C44H89BrN2O2. The first kappa shape index (κ1) is 50.9. The fraction of sp³-hybridized carbons (Fsp3) is 0.909. The predicted molar refractivity (Wildman–Crippen MR) is 214 cm³/mol.